The lowest BCUT2D eigenvalue weighted by molar-refractivity contribution is -0.000297. The molecule has 0 aliphatic carbocycles. The van der Waals surface area contributed by atoms with Gasteiger partial charge >= 0.3 is 0 Å². The molecule has 0 spiro atoms. The minimum atomic E-state index is -3.58. The molecule has 0 saturated carbocycles. The van der Waals surface area contributed by atoms with Crippen molar-refractivity contribution in [3.05, 3.63) is 119 Å². The maximum atomic E-state index is 13.6. The molecule has 0 amide bonds. The van der Waals surface area contributed by atoms with E-state index in [1.165, 1.54) is 30.7 Å². The lowest BCUT2D eigenvalue weighted by Gasteiger charge is -2.38. The van der Waals surface area contributed by atoms with E-state index >= 15 is 0 Å². The van der Waals surface area contributed by atoms with Gasteiger partial charge < -0.3 is 24.8 Å². The zero-order chi connectivity index (χ0) is 34.4. The monoisotopic (exact) mass is 747 g/mol. The molecule has 2 N–H and O–H groups in total. The first-order valence-corrected chi connectivity index (χ1v) is 18.1. The van der Waals surface area contributed by atoms with Gasteiger partial charge in [0.2, 0.25) is 0 Å². The van der Waals surface area contributed by atoms with Crippen molar-refractivity contribution < 1.29 is 27.0 Å². The highest BCUT2D eigenvalue weighted by Crippen LogP contribution is 2.45. The molecule has 1 aliphatic rings. The Balaban J connectivity index is 1.26. The lowest BCUT2D eigenvalue weighted by Crippen LogP contribution is -2.49. The van der Waals surface area contributed by atoms with Gasteiger partial charge in [-0.15, -0.1) is 0 Å². The first-order chi connectivity index (χ1) is 23.7. The van der Waals surface area contributed by atoms with Crippen LogP contribution in [0.25, 0.3) is 10.9 Å². The Kier molecular flexibility index (Phi) is 10.4. The molecule has 10 nitrogen and oxygen atoms in total. The highest BCUT2D eigenvalue weighted by molar-refractivity contribution is 9.10. The number of nitrogens with zero attached hydrogens (tertiary/aromatic N) is 3. The number of pyridine rings is 1. The quantitative estimate of drug-likeness (QED) is 0.120. The second-order valence-electron chi connectivity index (χ2n) is 11.5. The Morgan fingerprint density at radius 2 is 1.94 bits per heavy atom. The van der Waals surface area contributed by atoms with E-state index in [0.29, 0.717) is 35.7 Å². The number of nitrogens with one attached hydrogen (secondary N) is 2. The van der Waals surface area contributed by atoms with Crippen molar-refractivity contribution >= 4 is 48.2 Å². The summed E-state index contributed by atoms with van der Waals surface area (Å²) in [5, 5.41) is 7.65. The second-order valence-corrected chi connectivity index (χ2v) is 14.4. The van der Waals surface area contributed by atoms with Crippen LogP contribution < -0.4 is 20.1 Å². The van der Waals surface area contributed by atoms with Gasteiger partial charge in [-0.3, -0.25) is 0 Å². The summed E-state index contributed by atoms with van der Waals surface area (Å²) in [4.78, 5) is 13.1. The first-order valence-electron chi connectivity index (χ1n) is 15.7. The van der Waals surface area contributed by atoms with Crippen LogP contribution >= 0.6 is 15.9 Å². The lowest BCUT2D eigenvalue weighted by atomic mass is 9.81. The number of methoxy groups -OCH3 is 1. The van der Waals surface area contributed by atoms with Gasteiger partial charge in [-0.2, -0.15) is 0 Å². The zero-order valence-corrected chi connectivity index (χ0v) is 29.3. The predicted molar refractivity (Wildman–Crippen MR) is 189 cm³/mol. The molecule has 0 radical (unpaired) electrons. The molecular weight excluding hydrogens is 713 g/mol. The summed E-state index contributed by atoms with van der Waals surface area (Å²) in [6.07, 6.45) is 7.76. The van der Waals surface area contributed by atoms with Gasteiger partial charge in [0.25, 0.3) is 0 Å². The molecule has 5 aromatic rings. The Bertz CT molecular complexity index is 2080. The Hall–Kier alpha value is -4.59. The topological polar surface area (TPSA) is 125 Å². The Labute approximate surface area is 292 Å². The van der Waals surface area contributed by atoms with E-state index in [9.17, 15) is 12.8 Å². The molecule has 0 bridgehead atoms. The number of hydrogen-bond acceptors (Lipinski definition) is 10. The number of hydrogen-bond donors (Lipinski definition) is 2. The molecule has 1 aliphatic heterocycles. The van der Waals surface area contributed by atoms with Gasteiger partial charge in [0, 0.05) is 40.7 Å². The summed E-state index contributed by atoms with van der Waals surface area (Å²) in [6, 6.07) is 20.2. The summed E-state index contributed by atoms with van der Waals surface area (Å²) in [5.74, 6) is 1.33. The number of anilines is 2. The normalized spacial score (nSPS) is 16.3. The van der Waals surface area contributed by atoms with E-state index < -0.39 is 15.4 Å². The van der Waals surface area contributed by atoms with Gasteiger partial charge in [0.1, 0.15) is 36.1 Å². The molecule has 13 heteroatoms. The summed E-state index contributed by atoms with van der Waals surface area (Å²) in [5.41, 5.74) is 2.01. The average molecular weight is 749 g/mol. The van der Waals surface area contributed by atoms with E-state index in [2.05, 4.69) is 41.5 Å². The Morgan fingerprint density at radius 3 is 2.65 bits per heavy atom. The fourth-order valence-corrected chi connectivity index (χ4v) is 7.52. The number of sulfone groups is 1. The third-order valence-electron chi connectivity index (χ3n) is 8.39. The van der Waals surface area contributed by atoms with E-state index in [1.54, 1.807) is 37.6 Å². The summed E-state index contributed by atoms with van der Waals surface area (Å²) in [6.45, 7) is 2.45. The van der Waals surface area contributed by atoms with Crippen LogP contribution in [0.1, 0.15) is 30.9 Å². The van der Waals surface area contributed by atoms with Crippen molar-refractivity contribution in [2.24, 2.45) is 0 Å². The van der Waals surface area contributed by atoms with Crippen LogP contribution in [-0.4, -0.2) is 48.8 Å². The number of benzene rings is 3. The molecule has 0 saturated heterocycles. The number of ether oxygens (including phenoxy) is 3. The maximum absolute atomic E-state index is 13.6. The fraction of sp³-hybridized carbons (Fsp3) is 0.250. The van der Waals surface area contributed by atoms with Crippen molar-refractivity contribution in [2.45, 2.75) is 43.0 Å². The number of aromatic nitrogens is 3. The van der Waals surface area contributed by atoms with Gasteiger partial charge in [-0.25, -0.2) is 27.8 Å². The molecule has 2 unspecified atom stereocenters. The smallest absolute Gasteiger partial charge is 0.196 e. The third-order valence-corrected chi connectivity index (χ3v) is 10.7. The van der Waals surface area contributed by atoms with Crippen molar-refractivity contribution in [2.75, 3.05) is 24.7 Å². The van der Waals surface area contributed by atoms with Gasteiger partial charge in [-0.1, -0.05) is 25.1 Å². The Morgan fingerprint density at radius 1 is 1.06 bits per heavy atom. The van der Waals surface area contributed by atoms with Crippen LogP contribution in [0.15, 0.2) is 107 Å². The third kappa shape index (κ3) is 7.53. The highest BCUT2D eigenvalue weighted by atomic mass is 79.9. The van der Waals surface area contributed by atoms with Gasteiger partial charge in [0.15, 0.2) is 20.5 Å². The molecule has 3 aromatic carbocycles. The summed E-state index contributed by atoms with van der Waals surface area (Å²) < 4.78 is 58.4. The first kappa shape index (κ1) is 34.3. The maximum Gasteiger partial charge on any atom is 0.196 e. The number of rotatable bonds is 14. The average Bonchev–Trinajstić information content (AvgIpc) is 3.61. The number of fused-ring (bicyclic) bond motifs is 1. The standard InChI is InChI=1S/C36H35BrFN5O5S/c1-3-33(39-15-17-49(44,45)34-10-4-5-14-40-34)36(13-7-16-48-36)28-20-27-31(21-32(28)46-2)41-23-42-35(27)43-30-12-11-26(19-29(30)37)47-22-24-8-6-9-25(38)18-24/h4-12,14,16,18-21,23,33,39H,3,13,15,17,22H2,1-2H3,(H,41,42,43). The largest absolute Gasteiger partial charge is 0.496 e. The zero-order valence-electron chi connectivity index (χ0n) is 26.9. The molecule has 6 rings (SSSR count). The van der Waals surface area contributed by atoms with Crippen LogP contribution in [0, 0.1) is 5.82 Å². The van der Waals surface area contributed by atoms with E-state index in [-0.39, 0.29) is 35.8 Å². The van der Waals surface area contributed by atoms with Crippen molar-refractivity contribution in [3.8, 4) is 11.5 Å². The van der Waals surface area contributed by atoms with Crippen molar-refractivity contribution in [3.63, 3.8) is 0 Å². The molecule has 3 heterocycles. The molecule has 2 atom stereocenters. The second kappa shape index (κ2) is 14.9. The highest BCUT2D eigenvalue weighted by Gasteiger charge is 2.45. The van der Waals surface area contributed by atoms with Crippen molar-refractivity contribution in [1.29, 1.82) is 0 Å². The fourth-order valence-electron chi connectivity index (χ4n) is 5.96. The van der Waals surface area contributed by atoms with Crippen molar-refractivity contribution in [1.82, 2.24) is 20.3 Å². The molecule has 49 heavy (non-hydrogen) atoms. The van der Waals surface area contributed by atoms with E-state index in [4.69, 9.17) is 14.2 Å². The summed E-state index contributed by atoms with van der Waals surface area (Å²) >= 11 is 3.64. The van der Waals surface area contributed by atoms with Gasteiger partial charge in [0.05, 0.1) is 36.4 Å². The molecular formula is C36H35BrFN5O5S. The van der Waals surface area contributed by atoms with Crippen LogP contribution in [0.3, 0.4) is 0 Å². The van der Waals surface area contributed by atoms with E-state index in [0.717, 1.165) is 26.7 Å². The van der Waals surface area contributed by atoms with Crippen LogP contribution in [0.4, 0.5) is 15.9 Å². The van der Waals surface area contributed by atoms with Crippen LogP contribution in [0.2, 0.25) is 0 Å². The van der Waals surface area contributed by atoms with Crippen LogP contribution in [-0.2, 0) is 26.8 Å². The minimum Gasteiger partial charge on any atom is -0.496 e. The minimum absolute atomic E-state index is 0.0484. The predicted octanol–water partition coefficient (Wildman–Crippen LogP) is 7.23. The van der Waals surface area contributed by atoms with E-state index in [1.807, 2.05) is 43.3 Å². The summed E-state index contributed by atoms with van der Waals surface area (Å²) in [7, 11) is -1.98. The number of halogens is 2. The van der Waals surface area contributed by atoms with Crippen LogP contribution in [0.5, 0.6) is 11.5 Å². The molecule has 0 fully saturated rings. The molecule has 254 valence electrons. The SMILES string of the molecule is CCC(NCCS(=O)(=O)c1ccccn1)C1(c2cc3c(Nc4ccc(OCc5cccc(F)c5)cc4Br)ncnc3cc2OC)CC=CO1. The van der Waals surface area contributed by atoms with Gasteiger partial charge in [-0.05, 0) is 82.5 Å². The molecule has 2 aromatic heterocycles.